The molecule has 1 aliphatic carbocycles. The SMILES string of the molecule is COCCNC(=O)C1=CCC2=C1N=C(c1cc(OC)c(OC)c(OC)c1)C=CC2C. The van der Waals surface area contributed by atoms with Crippen molar-refractivity contribution in [2.45, 2.75) is 13.3 Å². The van der Waals surface area contributed by atoms with E-state index in [2.05, 4.69) is 18.3 Å². The quantitative estimate of drug-likeness (QED) is 0.664. The van der Waals surface area contributed by atoms with E-state index >= 15 is 0 Å². The van der Waals surface area contributed by atoms with Crippen LogP contribution in [0.2, 0.25) is 0 Å². The minimum atomic E-state index is -0.140. The van der Waals surface area contributed by atoms with Crippen molar-refractivity contribution in [1.29, 1.82) is 0 Å². The monoisotopic (exact) mass is 412 g/mol. The zero-order valence-electron chi connectivity index (χ0n) is 18.1. The van der Waals surface area contributed by atoms with E-state index in [4.69, 9.17) is 23.9 Å². The summed E-state index contributed by atoms with van der Waals surface area (Å²) < 4.78 is 21.4. The molecule has 160 valence electrons. The van der Waals surface area contributed by atoms with Crippen LogP contribution in [0.3, 0.4) is 0 Å². The molecule has 0 saturated heterocycles. The first-order valence-electron chi connectivity index (χ1n) is 9.82. The second-order valence-electron chi connectivity index (χ2n) is 7.00. The number of hydrogen-bond donors (Lipinski definition) is 1. The van der Waals surface area contributed by atoms with Gasteiger partial charge in [0, 0.05) is 19.2 Å². The van der Waals surface area contributed by atoms with Gasteiger partial charge in [-0.05, 0) is 36.1 Å². The van der Waals surface area contributed by atoms with Crippen molar-refractivity contribution < 1.29 is 23.7 Å². The highest BCUT2D eigenvalue weighted by atomic mass is 16.5. The van der Waals surface area contributed by atoms with E-state index < -0.39 is 0 Å². The summed E-state index contributed by atoms with van der Waals surface area (Å²) >= 11 is 0. The molecular weight excluding hydrogens is 384 g/mol. The maximum atomic E-state index is 12.7. The molecular formula is C23H28N2O5. The van der Waals surface area contributed by atoms with Gasteiger partial charge in [-0.25, -0.2) is 4.99 Å². The third-order valence-corrected chi connectivity index (χ3v) is 5.21. The number of hydrogen-bond acceptors (Lipinski definition) is 6. The first-order valence-corrected chi connectivity index (χ1v) is 9.82. The molecule has 0 fully saturated rings. The first kappa shape index (κ1) is 21.6. The van der Waals surface area contributed by atoms with Gasteiger partial charge in [0.15, 0.2) is 11.5 Å². The Balaban J connectivity index is 2.01. The Hall–Kier alpha value is -3.06. The van der Waals surface area contributed by atoms with E-state index in [9.17, 15) is 4.79 Å². The van der Waals surface area contributed by atoms with E-state index in [-0.39, 0.29) is 11.8 Å². The molecule has 2 aliphatic rings. The molecule has 0 bridgehead atoms. The molecule has 0 aromatic heterocycles. The minimum absolute atomic E-state index is 0.140. The summed E-state index contributed by atoms with van der Waals surface area (Å²) in [6, 6.07) is 3.72. The molecule has 1 heterocycles. The van der Waals surface area contributed by atoms with E-state index in [1.807, 2.05) is 24.3 Å². The van der Waals surface area contributed by atoms with Crippen molar-refractivity contribution in [3.05, 3.63) is 52.8 Å². The number of amides is 1. The number of benzene rings is 1. The van der Waals surface area contributed by atoms with Gasteiger partial charge in [0.05, 0.1) is 44.9 Å². The summed E-state index contributed by atoms with van der Waals surface area (Å²) in [5.74, 6) is 1.65. The number of nitrogens with one attached hydrogen (secondary N) is 1. The lowest BCUT2D eigenvalue weighted by molar-refractivity contribution is -0.117. The van der Waals surface area contributed by atoms with Crippen LogP contribution in [-0.4, -0.2) is 53.2 Å². The lowest BCUT2D eigenvalue weighted by Gasteiger charge is -2.14. The molecule has 1 aromatic rings. The summed E-state index contributed by atoms with van der Waals surface area (Å²) in [5, 5.41) is 2.89. The van der Waals surface area contributed by atoms with Gasteiger partial charge in [-0.1, -0.05) is 19.1 Å². The molecule has 7 nitrogen and oxygen atoms in total. The summed E-state index contributed by atoms with van der Waals surface area (Å²) in [7, 11) is 6.33. The number of ether oxygens (including phenoxy) is 4. The molecule has 1 unspecified atom stereocenters. The average molecular weight is 412 g/mol. The Bertz CT molecular complexity index is 918. The van der Waals surface area contributed by atoms with Gasteiger partial charge in [0.1, 0.15) is 0 Å². The van der Waals surface area contributed by atoms with E-state index in [1.165, 1.54) is 0 Å². The summed E-state index contributed by atoms with van der Waals surface area (Å²) in [5.41, 5.74) is 4.00. The highest BCUT2D eigenvalue weighted by molar-refractivity contribution is 6.11. The molecule has 3 rings (SSSR count). The van der Waals surface area contributed by atoms with Gasteiger partial charge in [-0.15, -0.1) is 0 Å². The molecule has 30 heavy (non-hydrogen) atoms. The van der Waals surface area contributed by atoms with E-state index in [0.29, 0.717) is 42.4 Å². The smallest absolute Gasteiger partial charge is 0.253 e. The first-order chi connectivity index (χ1) is 14.5. The molecule has 1 aliphatic heterocycles. The molecule has 7 heteroatoms. The zero-order valence-corrected chi connectivity index (χ0v) is 18.1. The zero-order chi connectivity index (χ0) is 21.7. The Kier molecular flexibility index (Phi) is 6.95. The Morgan fingerprint density at radius 2 is 1.83 bits per heavy atom. The fraction of sp³-hybridized carbons (Fsp3) is 0.391. The standard InChI is InChI=1S/C23H28N2O5/c1-14-6-9-18(15-12-19(28-3)22(30-5)20(13-15)29-4)25-21-16(14)7-8-17(21)23(26)24-10-11-27-2/h6,8-9,12-14H,7,10-11H2,1-5H3,(H,24,26). The normalized spacial score (nSPS) is 17.7. The van der Waals surface area contributed by atoms with E-state index in [1.54, 1.807) is 28.4 Å². The maximum absolute atomic E-state index is 12.7. The van der Waals surface area contributed by atoms with Gasteiger partial charge in [-0.2, -0.15) is 0 Å². The molecule has 1 atom stereocenters. The molecule has 1 amide bonds. The van der Waals surface area contributed by atoms with Crippen LogP contribution in [0.15, 0.2) is 52.2 Å². The molecule has 0 spiro atoms. The number of carbonyl (C=O) groups is 1. The van der Waals surface area contributed by atoms with Crippen molar-refractivity contribution >= 4 is 11.6 Å². The van der Waals surface area contributed by atoms with Gasteiger partial charge < -0.3 is 24.3 Å². The third-order valence-electron chi connectivity index (χ3n) is 5.21. The third kappa shape index (κ3) is 4.26. The Morgan fingerprint density at radius 3 is 2.43 bits per heavy atom. The van der Waals surface area contributed by atoms with Crippen LogP contribution in [0.5, 0.6) is 17.2 Å². The van der Waals surface area contributed by atoms with Crippen molar-refractivity contribution in [3.63, 3.8) is 0 Å². The van der Waals surface area contributed by atoms with E-state index in [0.717, 1.165) is 22.5 Å². The van der Waals surface area contributed by atoms with Gasteiger partial charge in [0.25, 0.3) is 5.91 Å². The number of nitrogens with zero attached hydrogens (tertiary/aromatic N) is 1. The number of methoxy groups -OCH3 is 4. The molecule has 0 saturated carbocycles. The number of aliphatic imine (C=N–C) groups is 1. The fourth-order valence-electron chi connectivity index (χ4n) is 3.57. The predicted molar refractivity (Wildman–Crippen MR) is 116 cm³/mol. The van der Waals surface area contributed by atoms with Crippen LogP contribution in [0.4, 0.5) is 0 Å². The molecule has 1 aromatic carbocycles. The second kappa shape index (κ2) is 9.63. The fourth-order valence-corrected chi connectivity index (χ4v) is 3.57. The van der Waals surface area contributed by atoms with Crippen molar-refractivity contribution in [2.75, 3.05) is 41.6 Å². The van der Waals surface area contributed by atoms with Gasteiger partial charge in [-0.3, -0.25) is 4.79 Å². The maximum Gasteiger partial charge on any atom is 0.253 e. The average Bonchev–Trinajstić information content (AvgIpc) is 3.11. The number of rotatable bonds is 8. The topological polar surface area (TPSA) is 78.4 Å². The second-order valence-corrected chi connectivity index (χ2v) is 7.00. The van der Waals surface area contributed by atoms with Crippen molar-refractivity contribution in [1.82, 2.24) is 5.32 Å². The molecule has 1 N–H and O–H groups in total. The van der Waals surface area contributed by atoms with Crippen LogP contribution in [-0.2, 0) is 9.53 Å². The van der Waals surface area contributed by atoms with Crippen LogP contribution < -0.4 is 19.5 Å². The minimum Gasteiger partial charge on any atom is -0.493 e. The van der Waals surface area contributed by atoms with Gasteiger partial charge >= 0.3 is 0 Å². The van der Waals surface area contributed by atoms with Crippen molar-refractivity contribution in [3.8, 4) is 17.2 Å². The number of allylic oxidation sites excluding steroid dienone is 4. The highest BCUT2D eigenvalue weighted by Gasteiger charge is 2.27. The van der Waals surface area contributed by atoms with Crippen molar-refractivity contribution in [2.24, 2.45) is 10.9 Å². The largest absolute Gasteiger partial charge is 0.493 e. The van der Waals surface area contributed by atoms with Crippen LogP contribution in [0.1, 0.15) is 18.9 Å². The summed E-state index contributed by atoms with van der Waals surface area (Å²) in [6.07, 6.45) is 6.73. The van der Waals surface area contributed by atoms with Crippen LogP contribution in [0, 0.1) is 5.92 Å². The van der Waals surface area contributed by atoms with Crippen LogP contribution >= 0.6 is 0 Å². The highest BCUT2D eigenvalue weighted by Crippen LogP contribution is 2.40. The Labute approximate surface area is 177 Å². The number of carbonyl (C=O) groups excluding carboxylic acids is 1. The van der Waals surface area contributed by atoms with Gasteiger partial charge in [0.2, 0.25) is 5.75 Å². The van der Waals surface area contributed by atoms with Crippen LogP contribution in [0.25, 0.3) is 0 Å². The summed E-state index contributed by atoms with van der Waals surface area (Å²) in [6.45, 7) is 3.02. The summed E-state index contributed by atoms with van der Waals surface area (Å²) in [4.78, 5) is 17.6. The lowest BCUT2D eigenvalue weighted by Crippen LogP contribution is -2.28. The molecule has 0 radical (unpaired) electrons. The Morgan fingerprint density at radius 1 is 1.13 bits per heavy atom. The lowest BCUT2D eigenvalue weighted by atomic mass is 9.98. The predicted octanol–water partition coefficient (Wildman–Crippen LogP) is 3.05.